The van der Waals surface area contributed by atoms with Gasteiger partial charge in [0.05, 0.1) is 11.7 Å². The summed E-state index contributed by atoms with van der Waals surface area (Å²) in [6, 6.07) is 4.12. The van der Waals surface area contributed by atoms with Crippen LogP contribution in [0, 0.1) is 6.92 Å². The average molecular weight is 278 g/mol. The summed E-state index contributed by atoms with van der Waals surface area (Å²) in [5.41, 5.74) is 6.52. The van der Waals surface area contributed by atoms with Crippen molar-refractivity contribution in [3.05, 3.63) is 33.8 Å². The molecule has 102 valence electrons. The number of nitrogens with two attached hydrogens (primary N) is 1. The first kappa shape index (κ1) is 13.6. The van der Waals surface area contributed by atoms with E-state index in [1.165, 1.54) is 4.88 Å². The van der Waals surface area contributed by atoms with Gasteiger partial charge in [-0.1, -0.05) is 0 Å². The summed E-state index contributed by atoms with van der Waals surface area (Å²) in [4.78, 5) is 16.4. The van der Waals surface area contributed by atoms with E-state index in [-0.39, 0.29) is 11.9 Å². The molecule has 1 amide bonds. The van der Waals surface area contributed by atoms with Gasteiger partial charge >= 0.3 is 0 Å². The van der Waals surface area contributed by atoms with Crippen molar-refractivity contribution < 1.29 is 4.79 Å². The molecule has 0 saturated carbocycles. The Morgan fingerprint density at radius 1 is 1.53 bits per heavy atom. The van der Waals surface area contributed by atoms with Crippen LogP contribution < -0.4 is 5.73 Å². The molecule has 2 rings (SSSR count). The van der Waals surface area contributed by atoms with E-state index < -0.39 is 0 Å². The highest BCUT2D eigenvalue weighted by Crippen LogP contribution is 2.27. The van der Waals surface area contributed by atoms with Crippen LogP contribution >= 0.6 is 11.3 Å². The number of rotatable bonds is 3. The molecule has 2 aromatic rings. The Morgan fingerprint density at radius 2 is 2.21 bits per heavy atom. The molecule has 0 bridgehead atoms. The van der Waals surface area contributed by atoms with Gasteiger partial charge in [0.25, 0.3) is 5.91 Å². The van der Waals surface area contributed by atoms with Gasteiger partial charge in [-0.2, -0.15) is 5.10 Å². The standard InChI is InChI=1S/C13H18N4OS/c1-8-5-6-11(19-8)9(2)17(4)13(18)12-10(14)7-16(3)15-12/h5-7,9H,14H2,1-4H3. The number of hydrogen-bond donors (Lipinski definition) is 1. The molecule has 0 aliphatic rings. The predicted octanol–water partition coefficient (Wildman–Crippen LogP) is 2.21. The van der Waals surface area contributed by atoms with Crippen LogP contribution in [0.4, 0.5) is 5.69 Å². The van der Waals surface area contributed by atoms with Gasteiger partial charge in [0.1, 0.15) is 0 Å². The molecule has 0 spiro atoms. The van der Waals surface area contributed by atoms with Gasteiger partial charge in [-0.05, 0) is 26.0 Å². The van der Waals surface area contributed by atoms with Gasteiger partial charge in [0, 0.05) is 30.0 Å². The third-order valence-electron chi connectivity index (χ3n) is 3.13. The van der Waals surface area contributed by atoms with E-state index in [1.54, 1.807) is 41.2 Å². The maximum Gasteiger partial charge on any atom is 0.276 e. The number of aryl methyl sites for hydroxylation is 2. The molecular weight excluding hydrogens is 260 g/mol. The number of nitrogens with zero attached hydrogens (tertiary/aromatic N) is 3. The molecule has 5 nitrogen and oxygen atoms in total. The lowest BCUT2D eigenvalue weighted by Crippen LogP contribution is -2.30. The van der Waals surface area contributed by atoms with Crippen LogP contribution in [-0.2, 0) is 7.05 Å². The van der Waals surface area contributed by atoms with E-state index in [2.05, 4.69) is 24.2 Å². The summed E-state index contributed by atoms with van der Waals surface area (Å²) < 4.78 is 1.55. The number of nitrogen functional groups attached to an aromatic ring is 1. The molecule has 0 radical (unpaired) electrons. The van der Waals surface area contributed by atoms with Crippen molar-refractivity contribution in [2.75, 3.05) is 12.8 Å². The van der Waals surface area contributed by atoms with Crippen LogP contribution in [0.2, 0.25) is 0 Å². The largest absolute Gasteiger partial charge is 0.396 e. The lowest BCUT2D eigenvalue weighted by molar-refractivity contribution is 0.0739. The first-order valence-corrected chi connectivity index (χ1v) is 6.84. The minimum atomic E-state index is -0.156. The first-order chi connectivity index (χ1) is 8.90. The van der Waals surface area contributed by atoms with Crippen molar-refractivity contribution >= 4 is 22.9 Å². The zero-order valence-corrected chi connectivity index (χ0v) is 12.4. The molecule has 0 aliphatic heterocycles. The maximum atomic E-state index is 12.4. The van der Waals surface area contributed by atoms with Crippen LogP contribution in [0.1, 0.15) is 33.2 Å². The van der Waals surface area contributed by atoms with Crippen LogP contribution in [0.15, 0.2) is 18.3 Å². The van der Waals surface area contributed by atoms with Gasteiger partial charge in [-0.25, -0.2) is 0 Å². The lowest BCUT2D eigenvalue weighted by atomic mass is 10.2. The second-order valence-corrected chi connectivity index (χ2v) is 5.97. The number of anilines is 1. The Hall–Kier alpha value is -1.82. The van der Waals surface area contributed by atoms with Crippen molar-refractivity contribution in [3.63, 3.8) is 0 Å². The van der Waals surface area contributed by atoms with Crippen molar-refractivity contribution in [2.45, 2.75) is 19.9 Å². The topological polar surface area (TPSA) is 64.2 Å². The summed E-state index contributed by atoms with van der Waals surface area (Å²) in [5.74, 6) is -0.156. The SMILES string of the molecule is Cc1ccc(C(C)N(C)C(=O)c2nn(C)cc2N)s1. The second-order valence-electron chi connectivity index (χ2n) is 4.65. The molecule has 0 saturated heterocycles. The molecular formula is C13H18N4OS. The fourth-order valence-corrected chi connectivity index (χ4v) is 2.86. The van der Waals surface area contributed by atoms with Crippen molar-refractivity contribution in [1.29, 1.82) is 0 Å². The molecule has 1 unspecified atom stereocenters. The quantitative estimate of drug-likeness (QED) is 0.936. The third-order valence-corrected chi connectivity index (χ3v) is 4.30. The highest BCUT2D eigenvalue weighted by molar-refractivity contribution is 7.12. The zero-order valence-electron chi connectivity index (χ0n) is 11.5. The number of hydrogen-bond acceptors (Lipinski definition) is 4. The highest BCUT2D eigenvalue weighted by atomic mass is 32.1. The number of thiophene rings is 1. The Bertz CT molecular complexity index is 602. The number of carbonyl (C=O) groups is 1. The van der Waals surface area contributed by atoms with E-state index >= 15 is 0 Å². The zero-order chi connectivity index (χ0) is 14.2. The maximum absolute atomic E-state index is 12.4. The fourth-order valence-electron chi connectivity index (χ4n) is 1.88. The molecule has 2 heterocycles. The van der Waals surface area contributed by atoms with Crippen molar-refractivity contribution in [3.8, 4) is 0 Å². The second kappa shape index (κ2) is 5.05. The minimum absolute atomic E-state index is 0.00704. The smallest absolute Gasteiger partial charge is 0.276 e. The Labute approximate surface area is 116 Å². The highest BCUT2D eigenvalue weighted by Gasteiger charge is 2.23. The third kappa shape index (κ3) is 2.63. The molecule has 0 aromatic carbocycles. The Morgan fingerprint density at radius 3 is 2.68 bits per heavy atom. The lowest BCUT2D eigenvalue weighted by Gasteiger charge is -2.23. The van der Waals surface area contributed by atoms with Crippen LogP contribution in [-0.4, -0.2) is 27.6 Å². The first-order valence-electron chi connectivity index (χ1n) is 6.02. The van der Waals surface area contributed by atoms with E-state index in [4.69, 9.17) is 5.73 Å². The van der Waals surface area contributed by atoms with E-state index in [9.17, 15) is 4.79 Å². The Balaban J connectivity index is 2.21. The van der Waals surface area contributed by atoms with Crippen molar-refractivity contribution in [1.82, 2.24) is 14.7 Å². The van der Waals surface area contributed by atoms with Gasteiger partial charge in [0.2, 0.25) is 0 Å². The van der Waals surface area contributed by atoms with E-state index in [0.29, 0.717) is 11.4 Å². The minimum Gasteiger partial charge on any atom is -0.396 e. The van der Waals surface area contributed by atoms with Crippen molar-refractivity contribution in [2.24, 2.45) is 7.05 Å². The summed E-state index contributed by atoms with van der Waals surface area (Å²) in [6.07, 6.45) is 1.64. The van der Waals surface area contributed by atoms with Gasteiger partial charge in [-0.15, -0.1) is 11.3 Å². The summed E-state index contributed by atoms with van der Waals surface area (Å²) in [6.45, 7) is 4.06. The van der Waals surface area contributed by atoms with Gasteiger partial charge in [0.15, 0.2) is 5.69 Å². The van der Waals surface area contributed by atoms with Crippen LogP contribution in [0.5, 0.6) is 0 Å². The molecule has 0 fully saturated rings. The summed E-state index contributed by atoms with van der Waals surface area (Å²) >= 11 is 1.70. The van der Waals surface area contributed by atoms with E-state index in [0.717, 1.165) is 4.88 Å². The van der Waals surface area contributed by atoms with Crippen LogP contribution in [0.3, 0.4) is 0 Å². The normalized spacial score (nSPS) is 12.4. The molecule has 6 heteroatoms. The predicted molar refractivity (Wildman–Crippen MR) is 77.2 cm³/mol. The number of carbonyl (C=O) groups excluding carboxylic acids is 1. The monoisotopic (exact) mass is 278 g/mol. The fraction of sp³-hybridized carbons (Fsp3) is 0.385. The molecule has 2 N–H and O–H groups in total. The average Bonchev–Trinajstić information content (AvgIpc) is 2.92. The molecule has 19 heavy (non-hydrogen) atoms. The molecule has 1 atom stereocenters. The number of amides is 1. The summed E-state index contributed by atoms with van der Waals surface area (Å²) in [7, 11) is 3.52. The Kier molecular flexibility index (Phi) is 3.61. The summed E-state index contributed by atoms with van der Waals surface area (Å²) in [5, 5.41) is 4.12. The molecule has 2 aromatic heterocycles. The number of aromatic nitrogens is 2. The molecule has 0 aliphatic carbocycles. The van der Waals surface area contributed by atoms with Gasteiger partial charge < -0.3 is 10.6 Å². The van der Waals surface area contributed by atoms with E-state index in [1.807, 2.05) is 6.92 Å². The van der Waals surface area contributed by atoms with Gasteiger partial charge in [-0.3, -0.25) is 9.48 Å². The van der Waals surface area contributed by atoms with Crippen LogP contribution in [0.25, 0.3) is 0 Å².